The minimum atomic E-state index is 0.507. The first-order valence-electron chi connectivity index (χ1n) is 9.05. The summed E-state index contributed by atoms with van der Waals surface area (Å²) in [6, 6.07) is 19.2. The molecule has 3 heteroatoms. The Kier molecular flexibility index (Phi) is 4.66. The Hall–Kier alpha value is -1.29. The molecule has 2 aliphatic rings. The van der Waals surface area contributed by atoms with Crippen LogP contribution in [0.25, 0.3) is 0 Å². The van der Waals surface area contributed by atoms with Gasteiger partial charge in [-0.25, -0.2) is 0 Å². The maximum Gasteiger partial charge on any atom is 0.0400 e. The monoisotopic (exact) mass is 338 g/mol. The molecule has 2 atom stereocenters. The highest BCUT2D eigenvalue weighted by molar-refractivity contribution is 7.99. The van der Waals surface area contributed by atoms with Gasteiger partial charge in [0, 0.05) is 35.0 Å². The van der Waals surface area contributed by atoms with Crippen LogP contribution in [0.5, 0.6) is 0 Å². The summed E-state index contributed by atoms with van der Waals surface area (Å²) in [5.41, 5.74) is 3.01. The lowest BCUT2D eigenvalue weighted by Gasteiger charge is -2.30. The third-order valence-electron chi connectivity index (χ3n) is 5.64. The van der Waals surface area contributed by atoms with E-state index in [1.54, 1.807) is 0 Å². The molecular weight excluding hydrogens is 312 g/mol. The summed E-state index contributed by atoms with van der Waals surface area (Å²) in [6.07, 6.45) is 2.42. The van der Waals surface area contributed by atoms with Gasteiger partial charge >= 0.3 is 0 Å². The van der Waals surface area contributed by atoms with Gasteiger partial charge in [-0.3, -0.25) is 4.90 Å². The SMILES string of the molecule is CCN(C)C1CCN([C@@H]2Cc3ccccc3Sc3ccccc32)C1. The summed E-state index contributed by atoms with van der Waals surface area (Å²) < 4.78 is 0. The van der Waals surface area contributed by atoms with Gasteiger partial charge in [0.05, 0.1) is 0 Å². The number of hydrogen-bond acceptors (Lipinski definition) is 3. The Balaban J connectivity index is 1.67. The standard InChI is InChI=1S/C21H26N2S/c1-3-22(2)17-12-13-23(15-17)19-14-16-8-4-6-10-20(16)24-21-11-7-5-9-18(19)21/h4-11,17,19H,3,12-15H2,1-2H3/t17?,19-/m1/s1. The van der Waals surface area contributed by atoms with E-state index >= 15 is 0 Å². The van der Waals surface area contributed by atoms with E-state index in [9.17, 15) is 0 Å². The van der Waals surface area contributed by atoms with Gasteiger partial charge in [0.15, 0.2) is 0 Å². The molecule has 1 saturated heterocycles. The molecule has 0 radical (unpaired) electrons. The second-order valence-electron chi connectivity index (χ2n) is 6.98. The van der Waals surface area contributed by atoms with Crippen LogP contribution in [0.4, 0.5) is 0 Å². The van der Waals surface area contributed by atoms with Gasteiger partial charge in [-0.2, -0.15) is 0 Å². The molecule has 0 bridgehead atoms. The van der Waals surface area contributed by atoms with Crippen LogP contribution in [0.1, 0.15) is 30.5 Å². The molecule has 2 aliphatic heterocycles. The number of rotatable bonds is 3. The van der Waals surface area contributed by atoms with E-state index in [-0.39, 0.29) is 0 Å². The summed E-state index contributed by atoms with van der Waals surface area (Å²) >= 11 is 1.94. The van der Waals surface area contributed by atoms with E-state index in [4.69, 9.17) is 0 Å². The Labute approximate surface area is 149 Å². The maximum atomic E-state index is 2.72. The minimum absolute atomic E-state index is 0.507. The summed E-state index contributed by atoms with van der Waals surface area (Å²) in [5, 5.41) is 0. The second kappa shape index (κ2) is 6.91. The molecule has 4 rings (SSSR count). The topological polar surface area (TPSA) is 6.48 Å². The Morgan fingerprint density at radius 1 is 1.08 bits per heavy atom. The van der Waals surface area contributed by atoms with Crippen molar-refractivity contribution in [2.75, 3.05) is 26.7 Å². The first-order chi connectivity index (χ1) is 11.8. The van der Waals surface area contributed by atoms with Crippen molar-refractivity contribution in [3.05, 3.63) is 59.7 Å². The molecule has 2 heterocycles. The molecular formula is C21H26N2S. The van der Waals surface area contributed by atoms with Gasteiger partial charge in [-0.1, -0.05) is 55.1 Å². The van der Waals surface area contributed by atoms with Gasteiger partial charge in [0.1, 0.15) is 0 Å². The van der Waals surface area contributed by atoms with Crippen LogP contribution in [-0.2, 0) is 6.42 Å². The number of fused-ring (bicyclic) bond motifs is 2. The molecule has 0 spiro atoms. The lowest BCUT2D eigenvalue weighted by Crippen LogP contribution is -2.36. The summed E-state index contributed by atoms with van der Waals surface area (Å²) in [7, 11) is 2.26. The average molecular weight is 339 g/mol. The summed E-state index contributed by atoms with van der Waals surface area (Å²) in [6.45, 7) is 5.80. The van der Waals surface area contributed by atoms with Crippen molar-refractivity contribution in [2.45, 2.75) is 41.6 Å². The first kappa shape index (κ1) is 16.2. The molecule has 1 fully saturated rings. The van der Waals surface area contributed by atoms with Gasteiger partial charge in [0.2, 0.25) is 0 Å². The zero-order chi connectivity index (χ0) is 16.5. The van der Waals surface area contributed by atoms with Gasteiger partial charge < -0.3 is 4.90 Å². The van der Waals surface area contributed by atoms with Crippen molar-refractivity contribution in [3.63, 3.8) is 0 Å². The number of benzene rings is 2. The van der Waals surface area contributed by atoms with Crippen LogP contribution < -0.4 is 0 Å². The molecule has 0 amide bonds. The van der Waals surface area contributed by atoms with Gasteiger partial charge in [-0.15, -0.1) is 0 Å². The van der Waals surface area contributed by atoms with Crippen molar-refractivity contribution >= 4 is 11.8 Å². The number of likely N-dealkylation sites (N-methyl/N-ethyl adjacent to an activating group) is 1. The Morgan fingerprint density at radius 2 is 1.83 bits per heavy atom. The molecule has 2 aromatic carbocycles. The van der Waals surface area contributed by atoms with E-state index in [0.717, 1.165) is 13.0 Å². The molecule has 0 aromatic heterocycles. The van der Waals surface area contributed by atoms with Crippen molar-refractivity contribution in [3.8, 4) is 0 Å². The fourth-order valence-electron chi connectivity index (χ4n) is 4.05. The van der Waals surface area contributed by atoms with Crippen molar-refractivity contribution in [2.24, 2.45) is 0 Å². The zero-order valence-corrected chi connectivity index (χ0v) is 15.4. The van der Waals surface area contributed by atoms with Crippen LogP contribution in [0.3, 0.4) is 0 Å². The van der Waals surface area contributed by atoms with Crippen LogP contribution in [0, 0.1) is 0 Å². The molecule has 24 heavy (non-hydrogen) atoms. The molecule has 0 aliphatic carbocycles. The second-order valence-corrected chi connectivity index (χ2v) is 8.06. The van der Waals surface area contributed by atoms with E-state index in [2.05, 4.69) is 72.3 Å². The molecule has 1 unspecified atom stereocenters. The van der Waals surface area contributed by atoms with E-state index < -0.39 is 0 Å². The molecule has 126 valence electrons. The van der Waals surface area contributed by atoms with Crippen LogP contribution in [-0.4, -0.2) is 42.5 Å². The van der Waals surface area contributed by atoms with E-state index in [1.807, 2.05) is 11.8 Å². The van der Waals surface area contributed by atoms with E-state index in [1.165, 1.54) is 40.4 Å². The van der Waals surface area contributed by atoms with Crippen LogP contribution >= 0.6 is 11.8 Å². The predicted molar refractivity (Wildman–Crippen MR) is 102 cm³/mol. The van der Waals surface area contributed by atoms with E-state index in [0.29, 0.717) is 12.1 Å². The van der Waals surface area contributed by atoms with Crippen LogP contribution in [0.2, 0.25) is 0 Å². The third-order valence-corrected chi connectivity index (χ3v) is 6.85. The number of nitrogens with zero attached hydrogens (tertiary/aromatic N) is 2. The molecule has 2 aromatic rings. The number of hydrogen-bond donors (Lipinski definition) is 0. The molecule has 0 saturated carbocycles. The molecule has 0 N–H and O–H groups in total. The first-order valence-corrected chi connectivity index (χ1v) is 9.87. The number of likely N-dealkylation sites (tertiary alicyclic amines) is 1. The highest BCUT2D eigenvalue weighted by Crippen LogP contribution is 2.43. The van der Waals surface area contributed by atoms with Crippen molar-refractivity contribution < 1.29 is 0 Å². The summed E-state index contributed by atoms with van der Waals surface area (Å²) in [4.78, 5) is 8.08. The fourth-order valence-corrected chi connectivity index (χ4v) is 5.19. The Morgan fingerprint density at radius 3 is 2.67 bits per heavy atom. The summed E-state index contributed by atoms with van der Waals surface area (Å²) in [5.74, 6) is 0. The van der Waals surface area contributed by atoms with Gasteiger partial charge in [0.25, 0.3) is 0 Å². The lowest BCUT2D eigenvalue weighted by molar-refractivity contribution is 0.202. The Bertz CT molecular complexity index is 714. The van der Waals surface area contributed by atoms with Crippen molar-refractivity contribution in [1.82, 2.24) is 9.80 Å². The largest absolute Gasteiger partial charge is 0.302 e. The third kappa shape index (κ3) is 3.01. The zero-order valence-electron chi connectivity index (χ0n) is 14.6. The normalized spacial score (nSPS) is 23.8. The van der Waals surface area contributed by atoms with Gasteiger partial charge in [-0.05, 0) is 49.7 Å². The highest BCUT2D eigenvalue weighted by Gasteiger charge is 2.33. The maximum absolute atomic E-state index is 2.72. The highest BCUT2D eigenvalue weighted by atomic mass is 32.2. The van der Waals surface area contributed by atoms with Crippen molar-refractivity contribution in [1.29, 1.82) is 0 Å². The predicted octanol–water partition coefficient (Wildman–Crippen LogP) is 4.46. The lowest BCUT2D eigenvalue weighted by atomic mass is 9.97. The van der Waals surface area contributed by atoms with Crippen LogP contribution in [0.15, 0.2) is 58.3 Å². The quantitative estimate of drug-likeness (QED) is 0.816. The minimum Gasteiger partial charge on any atom is -0.302 e. The smallest absolute Gasteiger partial charge is 0.0400 e. The fraction of sp³-hybridized carbons (Fsp3) is 0.429. The average Bonchev–Trinajstić information content (AvgIpc) is 3.04. The molecule has 2 nitrogen and oxygen atoms in total.